The molecule has 0 aromatic heterocycles. The highest BCUT2D eigenvalue weighted by molar-refractivity contribution is 5.98. The minimum Gasteiger partial charge on any atom is -0.481 e. The second-order valence-corrected chi connectivity index (χ2v) is 9.93. The van der Waals surface area contributed by atoms with Crippen LogP contribution in [0.3, 0.4) is 0 Å². The van der Waals surface area contributed by atoms with Gasteiger partial charge in [0.05, 0.1) is 13.0 Å². The number of nitrogens with one attached hydrogen (secondary N) is 5. The van der Waals surface area contributed by atoms with Crippen molar-refractivity contribution in [3.63, 3.8) is 0 Å². The molecule has 4 atom stereocenters. The van der Waals surface area contributed by atoms with Gasteiger partial charge in [-0.3, -0.25) is 33.8 Å². The van der Waals surface area contributed by atoms with E-state index in [0.717, 1.165) is 0 Å². The minimum atomic E-state index is -1.54. The number of carboxylic acid groups (broad SMARTS) is 1. The van der Waals surface area contributed by atoms with Gasteiger partial charge < -0.3 is 43.2 Å². The van der Waals surface area contributed by atoms with Crippen LogP contribution in [0.5, 0.6) is 0 Å². The molecule has 0 unspecified atom stereocenters. The van der Waals surface area contributed by atoms with Gasteiger partial charge in [0.1, 0.15) is 24.2 Å². The summed E-state index contributed by atoms with van der Waals surface area (Å²) in [5.41, 5.74) is 11.4. The molecule has 0 aliphatic carbocycles. The van der Waals surface area contributed by atoms with E-state index in [2.05, 4.69) is 31.6 Å². The van der Waals surface area contributed by atoms with Crippen LogP contribution in [0.4, 0.5) is 0 Å². The van der Waals surface area contributed by atoms with Gasteiger partial charge in [-0.05, 0) is 24.3 Å². The third-order valence-electron chi connectivity index (χ3n) is 6.19. The Morgan fingerprint density at radius 3 is 2.15 bits per heavy atom. The number of nitrogens with two attached hydrogens (primary N) is 2. The smallest absolute Gasteiger partial charge is 0.305 e. The van der Waals surface area contributed by atoms with Gasteiger partial charge in [-0.2, -0.15) is 0 Å². The third-order valence-corrected chi connectivity index (χ3v) is 6.19. The molecule has 1 saturated heterocycles. The number of hydrogen-bond acceptors (Lipinski definition) is 7. The van der Waals surface area contributed by atoms with Gasteiger partial charge in [0, 0.05) is 13.0 Å². The van der Waals surface area contributed by atoms with Crippen molar-refractivity contribution in [2.24, 2.45) is 22.4 Å². The number of rotatable bonds is 9. The first-order valence-corrected chi connectivity index (χ1v) is 13.2. The van der Waals surface area contributed by atoms with Gasteiger partial charge in [-0.1, -0.05) is 44.2 Å². The summed E-state index contributed by atoms with van der Waals surface area (Å²) in [6, 6.07) is 3.79. The lowest BCUT2D eigenvalue weighted by molar-refractivity contribution is -0.141. The molecule has 5 amide bonds. The van der Waals surface area contributed by atoms with E-state index in [0.29, 0.717) is 12.0 Å². The summed E-state index contributed by atoms with van der Waals surface area (Å²) in [5, 5.41) is 21.8. The first kappa shape index (κ1) is 32.5. The molecule has 224 valence electrons. The molecule has 15 nitrogen and oxygen atoms in total. The second-order valence-electron chi connectivity index (χ2n) is 9.93. The number of benzene rings is 1. The number of amides is 5. The van der Waals surface area contributed by atoms with E-state index >= 15 is 0 Å². The zero-order valence-electron chi connectivity index (χ0n) is 23.0. The Kier molecular flexibility index (Phi) is 12.5. The van der Waals surface area contributed by atoms with Crippen molar-refractivity contribution in [1.29, 1.82) is 0 Å². The molecule has 1 aromatic rings. The molecular weight excluding hydrogens is 536 g/mol. The van der Waals surface area contributed by atoms with E-state index in [-0.39, 0.29) is 25.3 Å². The number of carbonyl (C=O) groups is 6. The van der Waals surface area contributed by atoms with Crippen LogP contribution in [0.15, 0.2) is 35.3 Å². The van der Waals surface area contributed by atoms with Crippen molar-refractivity contribution in [2.45, 2.75) is 63.7 Å². The molecule has 15 heteroatoms. The Bertz CT molecular complexity index is 1140. The van der Waals surface area contributed by atoms with E-state index < -0.39 is 78.6 Å². The first-order chi connectivity index (χ1) is 19.4. The van der Waals surface area contributed by atoms with Crippen molar-refractivity contribution in [3.8, 4) is 0 Å². The summed E-state index contributed by atoms with van der Waals surface area (Å²) in [7, 11) is 0. The van der Waals surface area contributed by atoms with Crippen molar-refractivity contribution >= 4 is 41.5 Å². The highest BCUT2D eigenvalue weighted by Crippen LogP contribution is 2.09. The standard InChI is InChI=1S/C26H38N8O7/c1-14(2)21-25(41)32-16(9-6-10-29-26(27)28)22(38)30-13-19(35)31-18(12-20(36)37)23(39)33-17(24(40)34-21)11-15-7-4-3-5-8-15/h3-5,7-8,14,16-18,21H,6,9-13H2,1-2H3,(H,30,38)(H,31,35)(H,32,41)(H,33,39)(H,34,40)(H,36,37)(H4,27,28,29)/t16-,17+,18-,21+/m1/s1. The highest BCUT2D eigenvalue weighted by Gasteiger charge is 2.34. The van der Waals surface area contributed by atoms with Crippen LogP contribution < -0.4 is 38.1 Å². The molecule has 0 saturated carbocycles. The second kappa shape index (κ2) is 15.8. The third kappa shape index (κ3) is 11.1. The van der Waals surface area contributed by atoms with Crippen LogP contribution in [0, 0.1) is 5.92 Å². The number of carbonyl (C=O) groups excluding carboxylic acids is 5. The molecule has 0 spiro atoms. The number of carboxylic acids is 1. The molecule has 41 heavy (non-hydrogen) atoms. The van der Waals surface area contributed by atoms with Gasteiger partial charge in [0.25, 0.3) is 0 Å². The first-order valence-electron chi connectivity index (χ1n) is 13.2. The normalized spacial score (nSPS) is 22.7. The van der Waals surface area contributed by atoms with E-state index in [9.17, 15) is 33.9 Å². The van der Waals surface area contributed by atoms with Gasteiger partial charge in [0.2, 0.25) is 29.5 Å². The van der Waals surface area contributed by atoms with Crippen LogP contribution in [-0.4, -0.2) is 83.8 Å². The van der Waals surface area contributed by atoms with Crippen LogP contribution in [0.1, 0.15) is 38.7 Å². The number of aliphatic imine (C=N–C) groups is 1. The van der Waals surface area contributed by atoms with Gasteiger partial charge >= 0.3 is 5.97 Å². The van der Waals surface area contributed by atoms with Crippen molar-refractivity contribution in [3.05, 3.63) is 35.9 Å². The monoisotopic (exact) mass is 574 g/mol. The number of hydrogen-bond donors (Lipinski definition) is 8. The maximum absolute atomic E-state index is 13.4. The van der Waals surface area contributed by atoms with Crippen LogP contribution in [0.25, 0.3) is 0 Å². The lowest BCUT2D eigenvalue weighted by Gasteiger charge is -2.27. The number of nitrogens with zero attached hydrogens (tertiary/aromatic N) is 1. The molecule has 10 N–H and O–H groups in total. The van der Waals surface area contributed by atoms with E-state index in [4.69, 9.17) is 11.5 Å². The summed E-state index contributed by atoms with van der Waals surface area (Å²) in [6.07, 6.45) is -0.341. The molecule has 2 rings (SSSR count). The van der Waals surface area contributed by atoms with Gasteiger partial charge in [-0.15, -0.1) is 0 Å². The Balaban J connectivity index is 2.43. The number of guanidine groups is 1. The van der Waals surface area contributed by atoms with Crippen molar-refractivity contribution < 1.29 is 33.9 Å². The summed E-state index contributed by atoms with van der Waals surface area (Å²) < 4.78 is 0. The maximum atomic E-state index is 13.4. The average Bonchev–Trinajstić information content (AvgIpc) is 2.90. The quantitative estimate of drug-likeness (QED) is 0.0879. The van der Waals surface area contributed by atoms with Crippen molar-refractivity contribution in [2.75, 3.05) is 13.1 Å². The molecule has 1 aromatic carbocycles. The fourth-order valence-electron chi connectivity index (χ4n) is 4.07. The summed E-state index contributed by atoms with van der Waals surface area (Å²) in [4.78, 5) is 80.7. The molecule has 0 radical (unpaired) electrons. The predicted octanol–water partition coefficient (Wildman–Crippen LogP) is -2.52. The molecule has 1 aliphatic heterocycles. The fraction of sp³-hybridized carbons (Fsp3) is 0.500. The molecule has 1 aliphatic rings. The van der Waals surface area contributed by atoms with Gasteiger partial charge in [0.15, 0.2) is 5.96 Å². The van der Waals surface area contributed by atoms with E-state index in [1.165, 1.54) is 0 Å². The highest BCUT2D eigenvalue weighted by atomic mass is 16.4. The lowest BCUT2D eigenvalue weighted by Crippen LogP contribution is -2.59. The molecule has 1 fully saturated rings. The van der Waals surface area contributed by atoms with E-state index in [1.807, 2.05) is 0 Å². The maximum Gasteiger partial charge on any atom is 0.305 e. The van der Waals surface area contributed by atoms with Crippen LogP contribution >= 0.6 is 0 Å². The Labute approximate surface area is 237 Å². The van der Waals surface area contributed by atoms with Gasteiger partial charge in [-0.25, -0.2) is 0 Å². The van der Waals surface area contributed by atoms with Crippen molar-refractivity contribution in [1.82, 2.24) is 26.6 Å². The van der Waals surface area contributed by atoms with E-state index in [1.54, 1.807) is 44.2 Å². The predicted molar refractivity (Wildman–Crippen MR) is 148 cm³/mol. The van der Waals surface area contributed by atoms with Crippen LogP contribution in [0.2, 0.25) is 0 Å². The number of aliphatic carboxylic acids is 1. The summed E-state index contributed by atoms with van der Waals surface area (Å²) >= 11 is 0. The average molecular weight is 575 g/mol. The zero-order chi connectivity index (χ0) is 30.5. The Hall–Kier alpha value is -4.69. The Morgan fingerprint density at radius 1 is 0.902 bits per heavy atom. The molecule has 1 heterocycles. The minimum absolute atomic E-state index is 0.0199. The topological polar surface area (TPSA) is 247 Å². The SMILES string of the molecule is CC(C)[C@@H]1NC(=O)[C@H](Cc2ccccc2)NC(=O)[C@@H](CC(=O)O)NC(=O)CNC(=O)[C@@H](CCCN=C(N)N)NC1=O. The summed E-state index contributed by atoms with van der Waals surface area (Å²) in [5.74, 6) is -5.75. The largest absolute Gasteiger partial charge is 0.481 e. The molecular formula is C26H38N8O7. The zero-order valence-corrected chi connectivity index (χ0v) is 23.0. The lowest BCUT2D eigenvalue weighted by atomic mass is 10.00. The summed E-state index contributed by atoms with van der Waals surface area (Å²) in [6.45, 7) is 2.98. The molecule has 0 bridgehead atoms. The Morgan fingerprint density at radius 2 is 1.54 bits per heavy atom. The fourth-order valence-corrected chi connectivity index (χ4v) is 4.07. The van der Waals surface area contributed by atoms with Crippen LogP contribution in [-0.2, 0) is 35.2 Å².